The van der Waals surface area contributed by atoms with E-state index in [9.17, 15) is 4.79 Å². The van der Waals surface area contributed by atoms with Crippen LogP contribution in [0, 0.1) is 0 Å². The highest BCUT2D eigenvalue weighted by Gasteiger charge is 2.09. The zero-order valence-corrected chi connectivity index (χ0v) is 18.5. The summed E-state index contributed by atoms with van der Waals surface area (Å²) in [6.07, 6.45) is 2.17. The van der Waals surface area contributed by atoms with Crippen molar-refractivity contribution in [3.63, 3.8) is 0 Å². The molecule has 0 amide bonds. The van der Waals surface area contributed by atoms with E-state index in [4.69, 9.17) is 21.4 Å². The van der Waals surface area contributed by atoms with Gasteiger partial charge in [-0.25, -0.2) is 4.79 Å². The van der Waals surface area contributed by atoms with Crippen molar-refractivity contribution in [2.24, 2.45) is 0 Å². The largest absolute Gasteiger partial charge is 0.481 e. The van der Waals surface area contributed by atoms with Crippen molar-refractivity contribution >= 4 is 50.8 Å². The van der Waals surface area contributed by atoms with E-state index in [0.29, 0.717) is 5.75 Å². The van der Waals surface area contributed by atoms with Crippen LogP contribution in [0.15, 0.2) is 88.2 Å². The molecule has 29 heavy (non-hydrogen) atoms. The van der Waals surface area contributed by atoms with E-state index >= 15 is 0 Å². The van der Waals surface area contributed by atoms with Gasteiger partial charge in [0.05, 0.1) is 4.47 Å². The van der Waals surface area contributed by atoms with Crippen LogP contribution in [0.25, 0.3) is 5.57 Å². The number of ether oxygens (including phenoxy) is 1. The second kappa shape index (κ2) is 10.5. The van der Waals surface area contributed by atoms with Gasteiger partial charge >= 0.3 is 5.97 Å². The number of hydrogen-bond acceptors (Lipinski definition) is 3. The van der Waals surface area contributed by atoms with Gasteiger partial charge in [0.25, 0.3) is 0 Å². The lowest BCUT2D eigenvalue weighted by atomic mass is 9.98. The highest BCUT2D eigenvalue weighted by Crippen LogP contribution is 2.33. The first-order valence-corrected chi connectivity index (χ1v) is 11.0. The maximum atomic E-state index is 10.7. The Morgan fingerprint density at radius 3 is 2.48 bits per heavy atom. The van der Waals surface area contributed by atoms with Crippen molar-refractivity contribution in [1.82, 2.24) is 0 Å². The summed E-state index contributed by atoms with van der Waals surface area (Å²) in [6.45, 7) is -0.369. The zero-order valence-electron chi connectivity index (χ0n) is 15.3. The predicted molar refractivity (Wildman–Crippen MR) is 123 cm³/mol. The van der Waals surface area contributed by atoms with Crippen molar-refractivity contribution in [3.8, 4) is 5.75 Å². The molecule has 0 aromatic heterocycles. The molecule has 0 spiro atoms. The Morgan fingerprint density at radius 2 is 1.79 bits per heavy atom. The Kier molecular flexibility index (Phi) is 7.81. The summed E-state index contributed by atoms with van der Waals surface area (Å²) in [6, 6.07) is 23.6. The molecule has 0 aliphatic carbocycles. The molecular formula is C23H18BrClO3S. The Labute approximate surface area is 187 Å². The minimum absolute atomic E-state index is 0.369. The molecule has 0 radical (unpaired) electrons. The van der Waals surface area contributed by atoms with E-state index in [1.165, 1.54) is 0 Å². The van der Waals surface area contributed by atoms with Gasteiger partial charge in [-0.3, -0.25) is 0 Å². The van der Waals surface area contributed by atoms with Crippen LogP contribution in [0.4, 0.5) is 0 Å². The molecule has 1 N–H and O–H groups in total. The van der Waals surface area contributed by atoms with Gasteiger partial charge in [0, 0.05) is 21.2 Å². The molecule has 0 atom stereocenters. The fourth-order valence-electron chi connectivity index (χ4n) is 2.73. The van der Waals surface area contributed by atoms with Crippen molar-refractivity contribution in [2.45, 2.75) is 4.90 Å². The predicted octanol–water partition coefficient (Wildman–Crippen LogP) is 6.79. The van der Waals surface area contributed by atoms with Gasteiger partial charge in [-0.1, -0.05) is 66.2 Å². The van der Waals surface area contributed by atoms with E-state index in [2.05, 4.69) is 34.1 Å². The van der Waals surface area contributed by atoms with Crippen LogP contribution >= 0.6 is 39.3 Å². The molecule has 3 aromatic rings. The Bertz CT molecular complexity index is 1020. The van der Waals surface area contributed by atoms with Gasteiger partial charge in [0.1, 0.15) is 5.75 Å². The van der Waals surface area contributed by atoms with Crippen LogP contribution in [-0.4, -0.2) is 23.4 Å². The number of aliphatic carboxylic acids is 1. The Morgan fingerprint density at radius 1 is 1.07 bits per heavy atom. The summed E-state index contributed by atoms with van der Waals surface area (Å²) < 4.78 is 5.97. The summed E-state index contributed by atoms with van der Waals surface area (Å²) in [4.78, 5) is 11.7. The SMILES string of the molecule is O=C(O)COc1ccc(SCC=C(c2ccccc2)c2ccccc2Cl)cc1Br. The third-order valence-corrected chi connectivity index (χ3v) is 5.91. The third-order valence-electron chi connectivity index (χ3n) is 4.04. The number of thioether (sulfide) groups is 1. The van der Waals surface area contributed by atoms with E-state index in [0.717, 1.165) is 36.8 Å². The number of halogens is 2. The number of hydrogen-bond donors (Lipinski definition) is 1. The lowest BCUT2D eigenvalue weighted by molar-refractivity contribution is -0.139. The molecule has 148 valence electrons. The second-order valence-corrected chi connectivity index (χ2v) is 8.40. The van der Waals surface area contributed by atoms with E-state index < -0.39 is 5.97 Å². The van der Waals surface area contributed by atoms with Gasteiger partial charge in [-0.05, 0) is 51.3 Å². The molecular weight excluding hydrogens is 472 g/mol. The zero-order chi connectivity index (χ0) is 20.6. The molecule has 0 heterocycles. The lowest BCUT2D eigenvalue weighted by Crippen LogP contribution is -2.09. The van der Waals surface area contributed by atoms with Crippen LogP contribution in [0.2, 0.25) is 5.02 Å². The van der Waals surface area contributed by atoms with Crippen molar-refractivity contribution in [2.75, 3.05) is 12.4 Å². The van der Waals surface area contributed by atoms with E-state index in [1.54, 1.807) is 17.8 Å². The standard InChI is InChI=1S/C23H18BrClO3S/c24-20-14-17(10-11-22(20)28-15-23(26)27)29-13-12-18(16-6-2-1-3-7-16)19-8-4-5-9-21(19)25/h1-12,14H,13,15H2,(H,26,27). The smallest absolute Gasteiger partial charge is 0.341 e. The normalized spacial score (nSPS) is 11.3. The number of rotatable bonds is 8. The quantitative estimate of drug-likeness (QED) is 0.354. The first kappa shape index (κ1) is 21.5. The highest BCUT2D eigenvalue weighted by molar-refractivity contribution is 9.10. The van der Waals surface area contributed by atoms with E-state index in [1.807, 2.05) is 54.6 Å². The molecule has 0 bridgehead atoms. The molecule has 0 saturated heterocycles. The molecule has 0 saturated carbocycles. The molecule has 0 aliphatic rings. The van der Waals surface area contributed by atoms with Gasteiger partial charge in [-0.15, -0.1) is 11.8 Å². The first-order valence-electron chi connectivity index (χ1n) is 8.82. The summed E-state index contributed by atoms with van der Waals surface area (Å²) in [5.74, 6) is 0.249. The van der Waals surface area contributed by atoms with Gasteiger partial charge in [0.15, 0.2) is 6.61 Å². The molecule has 3 aromatic carbocycles. The number of carbonyl (C=O) groups is 1. The minimum atomic E-state index is -1.01. The van der Waals surface area contributed by atoms with Gasteiger partial charge in [0.2, 0.25) is 0 Å². The topological polar surface area (TPSA) is 46.5 Å². The van der Waals surface area contributed by atoms with Crippen LogP contribution in [0.5, 0.6) is 5.75 Å². The maximum Gasteiger partial charge on any atom is 0.341 e. The monoisotopic (exact) mass is 488 g/mol. The number of benzene rings is 3. The highest BCUT2D eigenvalue weighted by atomic mass is 79.9. The van der Waals surface area contributed by atoms with E-state index in [-0.39, 0.29) is 6.61 Å². The van der Waals surface area contributed by atoms with Crippen LogP contribution in [0.3, 0.4) is 0 Å². The van der Waals surface area contributed by atoms with Crippen molar-refractivity contribution < 1.29 is 14.6 Å². The van der Waals surface area contributed by atoms with Gasteiger partial charge in [-0.2, -0.15) is 0 Å². The minimum Gasteiger partial charge on any atom is -0.481 e. The fourth-order valence-corrected chi connectivity index (χ4v) is 4.42. The average molecular weight is 490 g/mol. The van der Waals surface area contributed by atoms with Crippen molar-refractivity contribution in [1.29, 1.82) is 0 Å². The summed E-state index contributed by atoms with van der Waals surface area (Å²) in [5.41, 5.74) is 3.20. The number of carboxylic acids is 1. The summed E-state index contributed by atoms with van der Waals surface area (Å²) >= 11 is 11.6. The third kappa shape index (κ3) is 6.13. The van der Waals surface area contributed by atoms with Crippen LogP contribution in [0.1, 0.15) is 11.1 Å². The molecule has 6 heteroatoms. The Balaban J connectivity index is 1.78. The average Bonchev–Trinajstić information content (AvgIpc) is 2.72. The Hall–Kier alpha value is -2.21. The van der Waals surface area contributed by atoms with Crippen molar-refractivity contribution in [3.05, 3.63) is 99.5 Å². The van der Waals surface area contributed by atoms with Crippen LogP contribution in [-0.2, 0) is 4.79 Å². The first-order chi connectivity index (χ1) is 14.0. The molecule has 3 nitrogen and oxygen atoms in total. The molecule has 3 rings (SSSR count). The summed E-state index contributed by atoms with van der Waals surface area (Å²) in [7, 11) is 0. The number of carboxylic acid groups (broad SMARTS) is 1. The second-order valence-electron chi connectivity index (χ2n) is 6.05. The molecule has 0 aliphatic heterocycles. The summed E-state index contributed by atoms with van der Waals surface area (Å²) in [5, 5.41) is 9.45. The van der Waals surface area contributed by atoms with Gasteiger partial charge < -0.3 is 9.84 Å². The van der Waals surface area contributed by atoms with Crippen LogP contribution < -0.4 is 4.74 Å². The lowest BCUT2D eigenvalue weighted by Gasteiger charge is -2.11. The molecule has 0 unspecified atom stereocenters. The maximum absolute atomic E-state index is 10.7. The fraction of sp³-hybridized carbons (Fsp3) is 0.0870. The molecule has 0 fully saturated rings.